The number of fused-ring (bicyclic) bond motifs is 12. The third-order valence-corrected chi connectivity index (χ3v) is 17.8. The van der Waals surface area contributed by atoms with E-state index in [1.165, 1.54) is 0 Å². The number of nitrogens with zero attached hydrogens (tertiary/aromatic N) is 6. The van der Waals surface area contributed by atoms with Crippen LogP contribution in [0, 0.1) is 0 Å². The van der Waals surface area contributed by atoms with Gasteiger partial charge in [-0.3, -0.25) is 19.9 Å². The zero-order valence-electron chi connectivity index (χ0n) is 34.6. The van der Waals surface area contributed by atoms with E-state index in [0.717, 1.165) is 120 Å². The summed E-state index contributed by atoms with van der Waals surface area (Å²) in [5, 5.41) is 11.3. The minimum absolute atomic E-state index is 0.737. The number of aromatic nitrogens is 6. The molecule has 65 heavy (non-hydrogen) atoms. The zero-order chi connectivity index (χ0) is 42.6. The lowest BCUT2D eigenvalue weighted by atomic mass is 10.1. The fourth-order valence-electron chi connectivity index (χ4n) is 10.6. The highest BCUT2D eigenvalue weighted by molar-refractivity contribution is 7.20. The number of hydrogen-bond donors (Lipinski definition) is 0. The van der Waals surface area contributed by atoms with Crippen molar-refractivity contribution in [1.82, 2.24) is 29.1 Å². The average Bonchev–Trinajstić information content (AvgIpc) is 4.13. The van der Waals surface area contributed by atoms with E-state index in [0.29, 0.717) is 0 Å². The lowest BCUT2D eigenvalue weighted by Gasteiger charge is -2.31. The van der Waals surface area contributed by atoms with E-state index in [2.05, 4.69) is 184 Å². The molecule has 0 saturated carbocycles. The van der Waals surface area contributed by atoms with E-state index in [1.807, 2.05) is 37.1 Å². The Morgan fingerprint density at radius 3 is 1.52 bits per heavy atom. The van der Waals surface area contributed by atoms with Crippen LogP contribution in [0.5, 0.6) is 0 Å². The topological polar surface area (TPSA) is 87.7 Å². The van der Waals surface area contributed by atoms with Gasteiger partial charge in [-0.2, -0.15) is 0 Å². The van der Waals surface area contributed by atoms with Crippen molar-refractivity contribution < 1.29 is 8.83 Å². The SMILES string of the molecule is c1ccc([Si](c2ccccc2)(c2nccc3c2oc2ccc(-n4c5ccccc5c5cnccc54)cc23)c2nccc3c2oc2ccc(-n4c5ccccc5c5ncccc54)cc23)cc1. The molecule has 0 aliphatic rings. The first kappa shape index (κ1) is 35.9. The van der Waals surface area contributed by atoms with Crippen LogP contribution >= 0.6 is 0 Å². The fourth-order valence-corrected chi connectivity index (χ4v) is 15.2. The van der Waals surface area contributed by atoms with Crippen molar-refractivity contribution in [3.63, 3.8) is 0 Å². The summed E-state index contributed by atoms with van der Waals surface area (Å²) < 4.78 is 18.8. The monoisotopic (exact) mass is 850 g/mol. The lowest BCUT2D eigenvalue weighted by molar-refractivity contribution is 0.669. The molecule has 0 amide bonds. The van der Waals surface area contributed by atoms with E-state index in [4.69, 9.17) is 23.8 Å². The second-order valence-corrected chi connectivity index (χ2v) is 20.2. The minimum atomic E-state index is -3.47. The second-order valence-electron chi connectivity index (χ2n) is 16.6. The predicted molar refractivity (Wildman–Crippen MR) is 264 cm³/mol. The number of rotatable bonds is 6. The lowest BCUT2D eigenvalue weighted by Crippen LogP contribution is -2.76. The first-order valence-corrected chi connectivity index (χ1v) is 23.7. The predicted octanol–water partition coefficient (Wildman–Crippen LogP) is 10.6. The van der Waals surface area contributed by atoms with Gasteiger partial charge in [0.25, 0.3) is 0 Å². The van der Waals surface area contributed by atoms with Crippen LogP contribution in [0.2, 0.25) is 0 Å². The van der Waals surface area contributed by atoms with E-state index in [1.54, 1.807) is 0 Å². The summed E-state index contributed by atoms with van der Waals surface area (Å²) in [6.45, 7) is 0. The molecule has 0 spiro atoms. The second kappa shape index (κ2) is 13.7. The summed E-state index contributed by atoms with van der Waals surface area (Å²) in [4.78, 5) is 20.1. The molecule has 0 N–H and O–H groups in total. The number of benzene rings is 6. The molecule has 14 rings (SSSR count). The van der Waals surface area contributed by atoms with Gasteiger partial charge in [0, 0.05) is 80.1 Å². The minimum Gasteiger partial charge on any atom is -0.455 e. The van der Waals surface area contributed by atoms with Crippen LogP contribution in [-0.2, 0) is 0 Å². The molecular weight excluding hydrogens is 817 g/mol. The maximum atomic E-state index is 7.09. The first-order chi connectivity index (χ1) is 32.3. The molecule has 9 heteroatoms. The van der Waals surface area contributed by atoms with E-state index in [9.17, 15) is 0 Å². The number of furan rings is 2. The van der Waals surface area contributed by atoms with Crippen molar-refractivity contribution in [3.8, 4) is 11.4 Å². The van der Waals surface area contributed by atoms with Crippen LogP contribution in [0.3, 0.4) is 0 Å². The van der Waals surface area contributed by atoms with Crippen LogP contribution in [0.4, 0.5) is 0 Å². The summed E-state index contributed by atoms with van der Waals surface area (Å²) in [6.07, 6.45) is 9.54. The molecule has 0 aliphatic heterocycles. The molecule has 0 unspecified atom stereocenters. The van der Waals surface area contributed by atoms with Crippen LogP contribution in [0.1, 0.15) is 0 Å². The third-order valence-electron chi connectivity index (χ3n) is 13.3. The quantitative estimate of drug-likeness (QED) is 0.155. The molecule has 8 heterocycles. The molecule has 0 radical (unpaired) electrons. The van der Waals surface area contributed by atoms with E-state index in [-0.39, 0.29) is 0 Å². The highest BCUT2D eigenvalue weighted by Crippen LogP contribution is 2.37. The molecule has 0 atom stereocenters. The summed E-state index contributed by atoms with van der Waals surface area (Å²) in [6, 6.07) is 61.7. The maximum absolute atomic E-state index is 7.09. The molecule has 8 nitrogen and oxygen atoms in total. The molecule has 304 valence electrons. The third kappa shape index (κ3) is 5.01. The summed E-state index contributed by atoms with van der Waals surface area (Å²) in [5.41, 5.74) is 10.4. The summed E-state index contributed by atoms with van der Waals surface area (Å²) in [7, 11) is -3.47. The Labute approximate surface area is 371 Å². The van der Waals surface area contributed by atoms with E-state index < -0.39 is 8.07 Å². The molecule has 6 aromatic carbocycles. The Morgan fingerprint density at radius 2 is 0.892 bits per heavy atom. The largest absolute Gasteiger partial charge is 0.455 e. The molecular formula is C56H34N6O2Si. The van der Waals surface area contributed by atoms with Gasteiger partial charge in [0.15, 0.2) is 11.2 Å². The van der Waals surface area contributed by atoms with Crippen molar-refractivity contribution in [1.29, 1.82) is 0 Å². The molecule has 0 saturated heterocycles. The van der Waals surface area contributed by atoms with Gasteiger partial charge in [-0.25, -0.2) is 0 Å². The number of pyridine rings is 4. The summed E-state index contributed by atoms with van der Waals surface area (Å²) >= 11 is 0. The Hall–Kier alpha value is -8.66. The normalized spacial score (nSPS) is 12.3. The summed E-state index contributed by atoms with van der Waals surface area (Å²) in [5.74, 6) is 0. The molecule has 14 aromatic rings. The highest BCUT2D eigenvalue weighted by Gasteiger charge is 2.49. The highest BCUT2D eigenvalue weighted by atomic mass is 28.3. The van der Waals surface area contributed by atoms with Gasteiger partial charge in [0.1, 0.15) is 11.2 Å². The standard InChI is InChI=1S/C56H34N6O2Si/c1-3-12-37(13-4-1)65(38-14-5-2-6-15-38,55-53-40(25-30-59-55)43-32-35(21-23-50(43)63-53)61-46-18-9-7-16-39(46)45-34-57-29-27-48(45)61)56-54-41(26-31-60-56)44-33-36(22-24-51(44)64-54)62-47-19-10-8-17-42(47)52-49(62)20-11-28-58-52/h1-34H. The van der Waals surface area contributed by atoms with Gasteiger partial charge < -0.3 is 18.0 Å². The van der Waals surface area contributed by atoms with Crippen molar-refractivity contribution >= 4 is 117 Å². The van der Waals surface area contributed by atoms with Crippen molar-refractivity contribution in [2.75, 3.05) is 0 Å². The van der Waals surface area contributed by atoms with E-state index >= 15 is 0 Å². The maximum Gasteiger partial charge on any atom is 0.233 e. The molecule has 0 aliphatic carbocycles. The molecule has 0 bridgehead atoms. The van der Waals surface area contributed by atoms with Gasteiger partial charge in [-0.1, -0.05) is 97.1 Å². The van der Waals surface area contributed by atoms with Crippen LogP contribution in [0.25, 0.3) is 99.0 Å². The Morgan fingerprint density at radius 1 is 0.369 bits per heavy atom. The zero-order valence-corrected chi connectivity index (χ0v) is 35.6. The van der Waals surface area contributed by atoms with Crippen molar-refractivity contribution in [2.45, 2.75) is 0 Å². The van der Waals surface area contributed by atoms with Gasteiger partial charge >= 0.3 is 0 Å². The first-order valence-electron chi connectivity index (χ1n) is 21.7. The van der Waals surface area contributed by atoms with Crippen molar-refractivity contribution in [2.24, 2.45) is 0 Å². The van der Waals surface area contributed by atoms with Crippen LogP contribution in [-0.4, -0.2) is 37.1 Å². The molecule has 0 fully saturated rings. The number of para-hydroxylation sites is 2. The van der Waals surface area contributed by atoms with Crippen LogP contribution in [0.15, 0.2) is 216 Å². The molecule has 8 aromatic heterocycles. The van der Waals surface area contributed by atoms with Gasteiger partial charge in [-0.05, 0) is 89.2 Å². The van der Waals surface area contributed by atoms with Gasteiger partial charge in [0.2, 0.25) is 8.07 Å². The fraction of sp³-hybridized carbons (Fsp3) is 0. The Bertz CT molecular complexity index is 3830. The smallest absolute Gasteiger partial charge is 0.233 e. The average molecular weight is 851 g/mol. The Kier molecular flexibility index (Phi) is 7.54. The van der Waals surface area contributed by atoms with Gasteiger partial charge in [0.05, 0.1) is 38.2 Å². The Balaban J connectivity index is 1.04. The van der Waals surface area contributed by atoms with Crippen molar-refractivity contribution in [3.05, 3.63) is 207 Å². The van der Waals surface area contributed by atoms with Gasteiger partial charge in [-0.15, -0.1) is 0 Å². The van der Waals surface area contributed by atoms with Crippen LogP contribution < -0.4 is 21.0 Å². The number of hydrogen-bond acceptors (Lipinski definition) is 6.